The number of hydrogen-bond acceptors (Lipinski definition) is 2. The topological polar surface area (TPSA) is 31.9 Å². The summed E-state index contributed by atoms with van der Waals surface area (Å²) in [7, 11) is 0. The van der Waals surface area contributed by atoms with Crippen molar-refractivity contribution < 1.29 is 8.78 Å². The number of imidazole rings is 1. The van der Waals surface area contributed by atoms with E-state index in [0.29, 0.717) is 5.92 Å². The molecule has 0 bridgehead atoms. The number of H-pyrrole nitrogens is 1. The Morgan fingerprint density at radius 2 is 2.17 bits per heavy atom. The number of aromatic amines is 1. The SMILES string of the molecule is Cc1ncc(CN2CCC[C@H](CCc3ccc(F)c(F)c3)C2)[nH]1. The van der Waals surface area contributed by atoms with E-state index in [0.717, 1.165) is 49.6 Å². The van der Waals surface area contributed by atoms with Gasteiger partial charge in [-0.2, -0.15) is 0 Å². The van der Waals surface area contributed by atoms with E-state index in [2.05, 4.69) is 14.9 Å². The van der Waals surface area contributed by atoms with Gasteiger partial charge in [0.1, 0.15) is 5.82 Å². The van der Waals surface area contributed by atoms with E-state index in [4.69, 9.17) is 0 Å². The van der Waals surface area contributed by atoms with Crippen molar-refractivity contribution in [1.29, 1.82) is 0 Å². The average Bonchev–Trinajstić information content (AvgIpc) is 2.94. The summed E-state index contributed by atoms with van der Waals surface area (Å²) in [6, 6.07) is 4.23. The van der Waals surface area contributed by atoms with Gasteiger partial charge < -0.3 is 4.98 Å². The highest BCUT2D eigenvalue weighted by molar-refractivity contribution is 5.17. The molecule has 0 unspecified atom stereocenters. The predicted octanol–water partition coefficient (Wildman–Crippen LogP) is 3.84. The van der Waals surface area contributed by atoms with Crippen molar-refractivity contribution in [3.63, 3.8) is 0 Å². The lowest BCUT2D eigenvalue weighted by Gasteiger charge is -2.32. The maximum Gasteiger partial charge on any atom is 0.159 e. The highest BCUT2D eigenvalue weighted by Crippen LogP contribution is 2.23. The molecule has 1 saturated heterocycles. The second-order valence-corrected chi connectivity index (χ2v) is 6.52. The largest absolute Gasteiger partial charge is 0.345 e. The monoisotopic (exact) mass is 319 g/mol. The van der Waals surface area contributed by atoms with Gasteiger partial charge in [-0.15, -0.1) is 0 Å². The molecule has 1 atom stereocenters. The molecule has 0 radical (unpaired) electrons. The Bertz CT molecular complexity index is 653. The van der Waals surface area contributed by atoms with E-state index in [9.17, 15) is 8.78 Å². The molecule has 124 valence electrons. The molecule has 3 rings (SSSR count). The van der Waals surface area contributed by atoms with Crippen molar-refractivity contribution in [2.24, 2.45) is 5.92 Å². The van der Waals surface area contributed by atoms with Crippen molar-refractivity contribution in [2.75, 3.05) is 13.1 Å². The number of benzene rings is 1. The zero-order valence-corrected chi connectivity index (χ0v) is 13.5. The first-order valence-corrected chi connectivity index (χ1v) is 8.27. The summed E-state index contributed by atoms with van der Waals surface area (Å²) in [5.74, 6) is 0.0441. The summed E-state index contributed by atoms with van der Waals surface area (Å²) in [6.45, 7) is 5.04. The molecule has 1 aliphatic heterocycles. The number of nitrogens with zero attached hydrogens (tertiary/aromatic N) is 2. The van der Waals surface area contributed by atoms with Crippen molar-refractivity contribution >= 4 is 0 Å². The normalized spacial score (nSPS) is 19.2. The van der Waals surface area contributed by atoms with Crippen LogP contribution in [0.25, 0.3) is 0 Å². The third kappa shape index (κ3) is 4.38. The molecule has 23 heavy (non-hydrogen) atoms. The molecule has 2 aromatic rings. The fourth-order valence-corrected chi connectivity index (χ4v) is 3.39. The fraction of sp³-hybridized carbons (Fsp3) is 0.500. The van der Waals surface area contributed by atoms with Gasteiger partial charge in [-0.3, -0.25) is 4.90 Å². The van der Waals surface area contributed by atoms with Crippen LogP contribution >= 0.6 is 0 Å². The van der Waals surface area contributed by atoms with Gasteiger partial charge in [0, 0.05) is 25.0 Å². The third-order valence-electron chi connectivity index (χ3n) is 4.58. The van der Waals surface area contributed by atoms with Crippen molar-refractivity contribution in [1.82, 2.24) is 14.9 Å². The Morgan fingerprint density at radius 1 is 1.30 bits per heavy atom. The Kier molecular flexibility index (Phi) is 5.06. The average molecular weight is 319 g/mol. The number of halogens is 2. The standard InChI is InChI=1S/C18H23F2N3/c1-13-21-10-16(22-13)12-23-8-2-3-15(11-23)5-4-14-6-7-17(19)18(20)9-14/h6-7,9-10,15H,2-5,8,11-12H2,1H3,(H,21,22)/t15-/m1/s1. The quantitative estimate of drug-likeness (QED) is 0.908. The summed E-state index contributed by atoms with van der Waals surface area (Å²) in [6.07, 6.45) is 6.13. The molecule has 1 fully saturated rings. The Labute approximate surface area is 135 Å². The van der Waals surface area contributed by atoms with E-state index >= 15 is 0 Å². The van der Waals surface area contributed by atoms with Crippen LogP contribution in [0, 0.1) is 24.5 Å². The van der Waals surface area contributed by atoms with Gasteiger partial charge in [-0.05, 0) is 62.8 Å². The van der Waals surface area contributed by atoms with E-state index in [1.54, 1.807) is 6.07 Å². The lowest BCUT2D eigenvalue weighted by Crippen LogP contribution is -2.35. The molecule has 1 aromatic heterocycles. The van der Waals surface area contributed by atoms with Crippen LogP contribution in [-0.4, -0.2) is 28.0 Å². The van der Waals surface area contributed by atoms with Crippen LogP contribution < -0.4 is 0 Å². The predicted molar refractivity (Wildman–Crippen MR) is 86.0 cm³/mol. The maximum absolute atomic E-state index is 13.3. The molecule has 1 N–H and O–H groups in total. The molecule has 1 aliphatic rings. The minimum Gasteiger partial charge on any atom is -0.345 e. The van der Waals surface area contributed by atoms with Crippen molar-refractivity contribution in [3.8, 4) is 0 Å². The van der Waals surface area contributed by atoms with Crippen LogP contribution in [0.5, 0.6) is 0 Å². The number of likely N-dealkylation sites (tertiary alicyclic amines) is 1. The minimum atomic E-state index is -0.771. The van der Waals surface area contributed by atoms with Gasteiger partial charge in [0.15, 0.2) is 11.6 Å². The van der Waals surface area contributed by atoms with Crippen molar-refractivity contribution in [2.45, 2.75) is 39.2 Å². The van der Waals surface area contributed by atoms with Crippen LogP contribution in [0.2, 0.25) is 0 Å². The van der Waals surface area contributed by atoms with Crippen LogP contribution in [0.3, 0.4) is 0 Å². The second kappa shape index (κ2) is 7.21. The summed E-state index contributed by atoms with van der Waals surface area (Å²) in [5.41, 5.74) is 2.04. The summed E-state index contributed by atoms with van der Waals surface area (Å²) in [4.78, 5) is 9.97. The van der Waals surface area contributed by atoms with Crippen LogP contribution in [-0.2, 0) is 13.0 Å². The zero-order valence-electron chi connectivity index (χ0n) is 13.5. The Morgan fingerprint density at radius 3 is 2.91 bits per heavy atom. The number of hydrogen-bond donors (Lipinski definition) is 1. The minimum absolute atomic E-state index is 0.612. The van der Waals surface area contributed by atoms with Gasteiger partial charge in [0.2, 0.25) is 0 Å². The molecular weight excluding hydrogens is 296 g/mol. The summed E-state index contributed by atoms with van der Waals surface area (Å²) >= 11 is 0. The summed E-state index contributed by atoms with van der Waals surface area (Å²) in [5, 5.41) is 0. The molecule has 0 amide bonds. The first-order chi connectivity index (χ1) is 11.1. The lowest BCUT2D eigenvalue weighted by molar-refractivity contribution is 0.160. The molecule has 0 saturated carbocycles. The highest BCUT2D eigenvalue weighted by Gasteiger charge is 2.20. The fourth-order valence-electron chi connectivity index (χ4n) is 3.39. The molecule has 3 nitrogen and oxygen atoms in total. The smallest absolute Gasteiger partial charge is 0.159 e. The number of aromatic nitrogens is 2. The second-order valence-electron chi connectivity index (χ2n) is 6.52. The molecule has 1 aromatic carbocycles. The number of aryl methyl sites for hydroxylation is 2. The summed E-state index contributed by atoms with van der Waals surface area (Å²) < 4.78 is 26.2. The molecular formula is C18H23F2N3. The number of nitrogens with one attached hydrogen (secondary N) is 1. The van der Waals surface area contributed by atoms with E-state index in [1.165, 1.54) is 25.0 Å². The number of rotatable bonds is 5. The Balaban J connectivity index is 1.51. The molecule has 2 heterocycles. The van der Waals surface area contributed by atoms with Gasteiger partial charge in [-0.1, -0.05) is 6.07 Å². The van der Waals surface area contributed by atoms with Crippen molar-refractivity contribution in [3.05, 3.63) is 53.1 Å². The number of piperidine rings is 1. The van der Waals surface area contributed by atoms with E-state index in [1.807, 2.05) is 13.1 Å². The first kappa shape index (κ1) is 16.1. The molecule has 0 aliphatic carbocycles. The van der Waals surface area contributed by atoms with Crippen LogP contribution in [0.1, 0.15) is 36.3 Å². The van der Waals surface area contributed by atoms with Gasteiger partial charge in [-0.25, -0.2) is 13.8 Å². The third-order valence-corrected chi connectivity index (χ3v) is 4.58. The molecule has 0 spiro atoms. The van der Waals surface area contributed by atoms with Gasteiger partial charge in [0.25, 0.3) is 0 Å². The van der Waals surface area contributed by atoms with E-state index in [-0.39, 0.29) is 0 Å². The van der Waals surface area contributed by atoms with Crippen LogP contribution in [0.4, 0.5) is 8.78 Å². The first-order valence-electron chi connectivity index (χ1n) is 8.27. The van der Waals surface area contributed by atoms with E-state index < -0.39 is 11.6 Å². The Hall–Kier alpha value is -1.75. The molecule has 5 heteroatoms. The highest BCUT2D eigenvalue weighted by atomic mass is 19.2. The van der Waals surface area contributed by atoms with Crippen LogP contribution in [0.15, 0.2) is 24.4 Å². The zero-order chi connectivity index (χ0) is 16.2. The lowest BCUT2D eigenvalue weighted by atomic mass is 9.91. The van der Waals surface area contributed by atoms with Gasteiger partial charge >= 0.3 is 0 Å². The van der Waals surface area contributed by atoms with Gasteiger partial charge in [0.05, 0.1) is 0 Å². The maximum atomic E-state index is 13.3.